The van der Waals surface area contributed by atoms with Gasteiger partial charge in [-0.3, -0.25) is 4.79 Å². The average molecular weight is 400 g/mol. The number of rotatable bonds is 3. The highest BCUT2D eigenvalue weighted by Gasteiger charge is 2.40. The number of aliphatic hydroxyl groups is 3. The number of aliphatic hydroxyl groups excluding tert-OH is 3. The molecule has 0 bridgehead atoms. The van der Waals surface area contributed by atoms with Gasteiger partial charge in [0.25, 0.3) is 0 Å². The Morgan fingerprint density at radius 1 is 1.07 bits per heavy atom. The maximum Gasteiger partial charge on any atom is 0.228 e. The molecule has 7 nitrogen and oxygen atoms in total. The largest absolute Gasteiger partial charge is 0.484 e. The van der Waals surface area contributed by atoms with E-state index in [1.54, 1.807) is 19.9 Å². The van der Waals surface area contributed by atoms with Crippen molar-refractivity contribution in [1.82, 2.24) is 0 Å². The molecule has 1 saturated heterocycles. The van der Waals surface area contributed by atoms with Crippen LogP contribution in [0.5, 0.6) is 11.5 Å². The number of fused-ring (bicyclic) bond motifs is 1. The minimum Gasteiger partial charge on any atom is -0.484 e. The fourth-order valence-electron chi connectivity index (χ4n) is 3.80. The minimum absolute atomic E-state index is 0.00894. The van der Waals surface area contributed by atoms with Gasteiger partial charge in [0.1, 0.15) is 35.9 Å². The fraction of sp³-hybridized carbons (Fsp3) is 0.409. The van der Waals surface area contributed by atoms with Crippen LogP contribution in [0.15, 0.2) is 36.4 Å². The standard InChI is InChI=1S/C22H24O7/c1-11-8-14-15(23)9-17(13-6-4-3-5-7-13)28-21(14)12(2)20(11)29-22-19(26)18(25)16(24)10-27-22/h3-8,16-19,22,24-26H,9-10H2,1-2H3/t16-,17+,18+,19+,22-/m0/s1. The number of carbonyl (C=O) groups is 1. The van der Waals surface area contributed by atoms with Gasteiger partial charge in [-0.1, -0.05) is 30.3 Å². The zero-order chi connectivity index (χ0) is 20.7. The Kier molecular flexibility index (Phi) is 5.31. The summed E-state index contributed by atoms with van der Waals surface area (Å²) in [6, 6.07) is 11.3. The van der Waals surface area contributed by atoms with Crippen LogP contribution in [0.25, 0.3) is 0 Å². The first-order chi connectivity index (χ1) is 13.9. The van der Waals surface area contributed by atoms with Crippen molar-refractivity contribution in [3.05, 3.63) is 58.7 Å². The number of hydrogen-bond donors (Lipinski definition) is 3. The summed E-state index contributed by atoms with van der Waals surface area (Å²) in [4.78, 5) is 12.8. The molecule has 5 atom stereocenters. The lowest BCUT2D eigenvalue weighted by Crippen LogP contribution is -2.54. The summed E-state index contributed by atoms with van der Waals surface area (Å²) in [6.07, 6.45) is -5.24. The van der Waals surface area contributed by atoms with Crippen molar-refractivity contribution in [2.24, 2.45) is 0 Å². The van der Waals surface area contributed by atoms with Crippen LogP contribution < -0.4 is 9.47 Å². The first kappa shape index (κ1) is 19.8. The molecule has 1 fully saturated rings. The van der Waals surface area contributed by atoms with Crippen LogP contribution in [0.3, 0.4) is 0 Å². The zero-order valence-corrected chi connectivity index (χ0v) is 16.2. The number of carbonyl (C=O) groups excluding carboxylic acids is 1. The Balaban J connectivity index is 1.65. The normalized spacial score (nSPS) is 29.1. The van der Waals surface area contributed by atoms with E-state index in [1.165, 1.54) is 0 Å². The molecular formula is C22H24O7. The smallest absolute Gasteiger partial charge is 0.228 e. The fourth-order valence-corrected chi connectivity index (χ4v) is 3.80. The van der Waals surface area contributed by atoms with Crippen molar-refractivity contribution >= 4 is 5.78 Å². The second-order valence-corrected chi connectivity index (χ2v) is 7.54. The van der Waals surface area contributed by atoms with E-state index < -0.39 is 24.6 Å². The number of Topliss-reactive ketones (excluding diaryl/α,β-unsaturated/α-hetero) is 1. The third-order valence-electron chi connectivity index (χ3n) is 5.44. The Morgan fingerprint density at radius 3 is 2.52 bits per heavy atom. The van der Waals surface area contributed by atoms with Gasteiger partial charge in [-0.15, -0.1) is 0 Å². The van der Waals surface area contributed by atoms with Gasteiger partial charge in [0.15, 0.2) is 5.78 Å². The zero-order valence-electron chi connectivity index (χ0n) is 16.2. The highest BCUT2D eigenvalue weighted by Crippen LogP contribution is 2.42. The monoisotopic (exact) mass is 400 g/mol. The van der Waals surface area contributed by atoms with Crippen LogP contribution in [0.2, 0.25) is 0 Å². The first-order valence-electron chi connectivity index (χ1n) is 9.58. The maximum absolute atomic E-state index is 12.8. The molecule has 0 unspecified atom stereocenters. The summed E-state index contributed by atoms with van der Waals surface area (Å²) in [7, 11) is 0. The van der Waals surface area contributed by atoms with E-state index in [4.69, 9.17) is 14.2 Å². The van der Waals surface area contributed by atoms with Gasteiger partial charge in [-0.25, -0.2) is 0 Å². The Bertz CT molecular complexity index is 911. The second kappa shape index (κ2) is 7.76. The third kappa shape index (κ3) is 3.62. The summed E-state index contributed by atoms with van der Waals surface area (Å²) in [5.41, 5.74) is 2.72. The van der Waals surface area contributed by atoms with E-state index in [0.29, 0.717) is 28.2 Å². The molecule has 0 spiro atoms. The molecule has 0 amide bonds. The number of aryl methyl sites for hydroxylation is 1. The quantitative estimate of drug-likeness (QED) is 0.722. The van der Waals surface area contributed by atoms with Crippen molar-refractivity contribution in [2.45, 2.75) is 51.0 Å². The lowest BCUT2D eigenvalue weighted by Gasteiger charge is -2.36. The Hall–Kier alpha value is -2.45. The van der Waals surface area contributed by atoms with Crippen LogP contribution in [0.1, 0.15) is 39.6 Å². The van der Waals surface area contributed by atoms with Gasteiger partial charge in [0.05, 0.1) is 18.6 Å². The molecule has 0 aromatic heterocycles. The molecule has 3 N–H and O–H groups in total. The maximum atomic E-state index is 12.8. The molecule has 0 radical (unpaired) electrons. The highest BCUT2D eigenvalue weighted by atomic mass is 16.7. The molecule has 2 heterocycles. The van der Waals surface area contributed by atoms with Crippen molar-refractivity contribution in [1.29, 1.82) is 0 Å². The molecule has 2 aromatic rings. The van der Waals surface area contributed by atoms with Crippen molar-refractivity contribution in [3.63, 3.8) is 0 Å². The SMILES string of the molecule is Cc1cc2c(c(C)c1O[C@@H]1OC[C@H](O)[C@@H](O)[C@H]1O)O[C@@H](c1ccccc1)CC2=O. The van der Waals surface area contributed by atoms with Crippen LogP contribution in [-0.4, -0.2) is 52.3 Å². The van der Waals surface area contributed by atoms with Gasteiger partial charge in [0, 0.05) is 5.56 Å². The first-order valence-corrected chi connectivity index (χ1v) is 9.58. The molecule has 29 heavy (non-hydrogen) atoms. The molecule has 2 aliphatic heterocycles. The van der Waals surface area contributed by atoms with E-state index in [1.807, 2.05) is 30.3 Å². The van der Waals surface area contributed by atoms with E-state index in [-0.39, 0.29) is 24.9 Å². The van der Waals surface area contributed by atoms with Gasteiger partial charge in [-0.2, -0.15) is 0 Å². The summed E-state index contributed by atoms with van der Waals surface area (Å²) in [5, 5.41) is 29.7. The van der Waals surface area contributed by atoms with E-state index >= 15 is 0 Å². The van der Waals surface area contributed by atoms with Crippen LogP contribution in [0, 0.1) is 13.8 Å². The van der Waals surface area contributed by atoms with Gasteiger partial charge in [0.2, 0.25) is 6.29 Å². The molecular weight excluding hydrogens is 376 g/mol. The van der Waals surface area contributed by atoms with Crippen molar-refractivity contribution < 1.29 is 34.3 Å². The van der Waals surface area contributed by atoms with Gasteiger partial charge < -0.3 is 29.5 Å². The predicted octanol–water partition coefficient (Wildman–Crippen LogP) is 1.83. The molecule has 2 aliphatic rings. The van der Waals surface area contributed by atoms with Crippen molar-refractivity contribution in [2.75, 3.05) is 6.61 Å². The lowest BCUT2D eigenvalue weighted by atomic mass is 9.93. The van der Waals surface area contributed by atoms with Crippen LogP contribution in [0.4, 0.5) is 0 Å². The van der Waals surface area contributed by atoms with Crippen LogP contribution in [-0.2, 0) is 4.74 Å². The predicted molar refractivity (Wildman–Crippen MR) is 103 cm³/mol. The molecule has 0 saturated carbocycles. The third-order valence-corrected chi connectivity index (χ3v) is 5.44. The average Bonchev–Trinajstić information content (AvgIpc) is 2.72. The topological polar surface area (TPSA) is 105 Å². The number of ether oxygens (including phenoxy) is 3. The van der Waals surface area contributed by atoms with Crippen LogP contribution >= 0.6 is 0 Å². The number of hydrogen-bond acceptors (Lipinski definition) is 7. The van der Waals surface area contributed by atoms with Gasteiger partial charge >= 0.3 is 0 Å². The highest BCUT2D eigenvalue weighted by molar-refractivity contribution is 6.01. The Morgan fingerprint density at radius 2 is 1.79 bits per heavy atom. The number of ketones is 1. The number of benzene rings is 2. The molecule has 0 aliphatic carbocycles. The van der Waals surface area contributed by atoms with E-state index in [9.17, 15) is 20.1 Å². The molecule has 4 rings (SSSR count). The molecule has 154 valence electrons. The van der Waals surface area contributed by atoms with E-state index in [2.05, 4.69) is 0 Å². The minimum atomic E-state index is -1.41. The summed E-state index contributed by atoms with van der Waals surface area (Å²) >= 11 is 0. The van der Waals surface area contributed by atoms with E-state index in [0.717, 1.165) is 5.56 Å². The van der Waals surface area contributed by atoms with Crippen molar-refractivity contribution in [3.8, 4) is 11.5 Å². The molecule has 2 aromatic carbocycles. The molecule has 7 heteroatoms. The summed E-state index contributed by atoms with van der Waals surface area (Å²) < 4.78 is 17.4. The summed E-state index contributed by atoms with van der Waals surface area (Å²) in [5.74, 6) is 0.852. The lowest BCUT2D eigenvalue weighted by molar-refractivity contribution is -0.242. The second-order valence-electron chi connectivity index (χ2n) is 7.54. The Labute approximate surface area is 168 Å². The summed E-state index contributed by atoms with van der Waals surface area (Å²) in [6.45, 7) is 3.42. The van der Waals surface area contributed by atoms with Gasteiger partial charge in [-0.05, 0) is 31.0 Å².